The minimum absolute atomic E-state index is 0.468. The van der Waals surface area contributed by atoms with Gasteiger partial charge in [0.1, 0.15) is 5.82 Å². The van der Waals surface area contributed by atoms with Crippen molar-refractivity contribution < 1.29 is 4.74 Å². The van der Waals surface area contributed by atoms with E-state index >= 15 is 0 Å². The van der Waals surface area contributed by atoms with Crippen LogP contribution in [0.25, 0.3) is 33.4 Å². The zero-order valence-corrected chi connectivity index (χ0v) is 15.3. The summed E-state index contributed by atoms with van der Waals surface area (Å²) in [5.41, 5.74) is 11.7. The van der Waals surface area contributed by atoms with Gasteiger partial charge in [-0.1, -0.05) is 36.4 Å². The Kier molecular flexibility index (Phi) is 4.14. The lowest BCUT2D eigenvalue weighted by molar-refractivity contribution is 0.122. The molecule has 0 saturated carbocycles. The first kappa shape index (κ1) is 16.7. The van der Waals surface area contributed by atoms with Gasteiger partial charge in [0, 0.05) is 18.7 Å². The van der Waals surface area contributed by atoms with E-state index < -0.39 is 0 Å². The Balaban J connectivity index is 1.59. The second-order valence-corrected chi connectivity index (χ2v) is 6.76. The molecule has 4 aromatic rings. The summed E-state index contributed by atoms with van der Waals surface area (Å²) >= 11 is 0. The van der Waals surface area contributed by atoms with Crippen LogP contribution in [0.5, 0.6) is 0 Å². The van der Waals surface area contributed by atoms with E-state index in [2.05, 4.69) is 20.1 Å². The predicted octanol–water partition coefficient (Wildman–Crippen LogP) is 3.11. The fourth-order valence-electron chi connectivity index (χ4n) is 3.56. The van der Waals surface area contributed by atoms with Crippen LogP contribution in [0.15, 0.2) is 54.7 Å². The number of hydrogen-bond acceptors (Lipinski definition) is 6. The lowest BCUT2D eigenvalue weighted by Gasteiger charge is -2.27. The molecule has 1 aliphatic heterocycles. The predicted molar refractivity (Wildman–Crippen MR) is 110 cm³/mol. The molecule has 0 spiro atoms. The zero-order valence-electron chi connectivity index (χ0n) is 15.3. The lowest BCUT2D eigenvalue weighted by atomic mass is 10.0. The third kappa shape index (κ3) is 2.95. The minimum atomic E-state index is 0.468. The van der Waals surface area contributed by atoms with Crippen molar-refractivity contribution in [2.75, 3.05) is 36.9 Å². The standard InChI is InChI=1S/C21H20N6O/c22-21-19(20(25-26-21)14-4-2-1-3-5-14)15-6-7-16-17(12-15)24-18(13-23-16)27-8-10-28-11-9-27/h1-7,12-13H,8-11H2,(H3,22,25,26). The summed E-state index contributed by atoms with van der Waals surface area (Å²) in [5, 5.41) is 7.30. The van der Waals surface area contributed by atoms with Gasteiger partial charge in [-0.25, -0.2) is 4.98 Å². The molecule has 7 nitrogen and oxygen atoms in total. The number of nitrogens with two attached hydrogens (primary N) is 1. The molecule has 0 atom stereocenters. The molecule has 0 amide bonds. The van der Waals surface area contributed by atoms with Crippen LogP contribution in [0.1, 0.15) is 0 Å². The van der Waals surface area contributed by atoms with Gasteiger partial charge in [0.2, 0.25) is 0 Å². The number of nitrogens with zero attached hydrogens (tertiary/aromatic N) is 4. The minimum Gasteiger partial charge on any atom is -0.382 e. The average Bonchev–Trinajstić information content (AvgIpc) is 3.15. The molecule has 5 rings (SSSR count). The quantitative estimate of drug-likeness (QED) is 0.574. The molecule has 0 aliphatic carbocycles. The van der Waals surface area contributed by atoms with Crippen molar-refractivity contribution in [3.05, 3.63) is 54.7 Å². The van der Waals surface area contributed by atoms with Gasteiger partial charge >= 0.3 is 0 Å². The van der Waals surface area contributed by atoms with Crippen LogP contribution in [0.4, 0.5) is 11.6 Å². The Hall–Kier alpha value is -3.45. The van der Waals surface area contributed by atoms with E-state index in [0.717, 1.165) is 52.3 Å². The lowest BCUT2D eigenvalue weighted by Crippen LogP contribution is -2.36. The van der Waals surface area contributed by atoms with E-state index in [0.29, 0.717) is 19.0 Å². The van der Waals surface area contributed by atoms with Crippen molar-refractivity contribution in [1.82, 2.24) is 20.2 Å². The number of morpholine rings is 1. The number of fused-ring (bicyclic) bond motifs is 1. The maximum atomic E-state index is 6.20. The van der Waals surface area contributed by atoms with Crippen molar-refractivity contribution in [1.29, 1.82) is 0 Å². The molecule has 7 heteroatoms. The highest BCUT2D eigenvalue weighted by molar-refractivity contribution is 5.91. The van der Waals surface area contributed by atoms with Gasteiger partial charge in [-0.2, -0.15) is 5.10 Å². The second-order valence-electron chi connectivity index (χ2n) is 6.76. The van der Waals surface area contributed by atoms with Crippen LogP contribution < -0.4 is 10.6 Å². The Bertz CT molecular complexity index is 1120. The summed E-state index contributed by atoms with van der Waals surface area (Å²) in [6.07, 6.45) is 1.83. The van der Waals surface area contributed by atoms with Crippen molar-refractivity contribution in [3.63, 3.8) is 0 Å². The summed E-state index contributed by atoms with van der Waals surface area (Å²) in [6, 6.07) is 16.1. The number of rotatable bonds is 3. The first-order valence-corrected chi connectivity index (χ1v) is 9.29. The Morgan fingerprint density at radius 1 is 0.964 bits per heavy atom. The van der Waals surface area contributed by atoms with Gasteiger partial charge < -0.3 is 15.4 Å². The van der Waals surface area contributed by atoms with Gasteiger partial charge in [-0.15, -0.1) is 0 Å². The molecule has 28 heavy (non-hydrogen) atoms. The molecule has 0 radical (unpaired) electrons. The third-order valence-corrected chi connectivity index (χ3v) is 5.01. The molecular weight excluding hydrogens is 352 g/mol. The molecule has 1 saturated heterocycles. The molecule has 0 unspecified atom stereocenters. The van der Waals surface area contributed by atoms with Gasteiger partial charge in [0.05, 0.1) is 41.7 Å². The molecule has 1 fully saturated rings. The van der Waals surface area contributed by atoms with E-state index in [9.17, 15) is 0 Å². The SMILES string of the molecule is Nc1n[nH]c(-c2ccccc2)c1-c1ccc2ncc(N3CCOCC3)nc2c1. The normalized spacial score (nSPS) is 14.5. The molecule has 1 aliphatic rings. The summed E-state index contributed by atoms with van der Waals surface area (Å²) in [5.74, 6) is 1.34. The van der Waals surface area contributed by atoms with E-state index in [1.165, 1.54) is 0 Å². The number of benzene rings is 2. The van der Waals surface area contributed by atoms with Gasteiger partial charge in [-0.3, -0.25) is 10.1 Å². The van der Waals surface area contributed by atoms with Crippen molar-refractivity contribution in [2.45, 2.75) is 0 Å². The van der Waals surface area contributed by atoms with E-state index in [1.807, 2.05) is 54.7 Å². The van der Waals surface area contributed by atoms with Crippen LogP contribution in [-0.2, 0) is 4.74 Å². The molecule has 0 bridgehead atoms. The van der Waals surface area contributed by atoms with E-state index in [4.69, 9.17) is 15.5 Å². The maximum absolute atomic E-state index is 6.20. The molecule has 3 heterocycles. The van der Waals surface area contributed by atoms with Crippen LogP contribution >= 0.6 is 0 Å². The fraction of sp³-hybridized carbons (Fsp3) is 0.190. The molecule has 2 aromatic carbocycles. The zero-order chi connectivity index (χ0) is 18.9. The Labute approximate surface area is 162 Å². The summed E-state index contributed by atoms with van der Waals surface area (Å²) in [7, 11) is 0. The smallest absolute Gasteiger partial charge is 0.153 e. The number of ether oxygens (including phenoxy) is 1. The summed E-state index contributed by atoms with van der Waals surface area (Å²) in [4.78, 5) is 11.6. The maximum Gasteiger partial charge on any atom is 0.153 e. The highest BCUT2D eigenvalue weighted by atomic mass is 16.5. The van der Waals surface area contributed by atoms with Crippen LogP contribution in [-0.4, -0.2) is 46.5 Å². The van der Waals surface area contributed by atoms with Gasteiger partial charge in [0.25, 0.3) is 0 Å². The largest absolute Gasteiger partial charge is 0.382 e. The number of aromatic amines is 1. The highest BCUT2D eigenvalue weighted by Gasteiger charge is 2.17. The molecule has 140 valence electrons. The Morgan fingerprint density at radius 2 is 1.79 bits per heavy atom. The average molecular weight is 372 g/mol. The molecular formula is C21H20N6O. The summed E-state index contributed by atoms with van der Waals surface area (Å²) in [6.45, 7) is 3.08. The highest BCUT2D eigenvalue weighted by Crippen LogP contribution is 2.35. The number of nitrogen functional groups attached to an aromatic ring is 1. The first-order valence-electron chi connectivity index (χ1n) is 9.29. The number of H-pyrrole nitrogens is 1. The van der Waals surface area contributed by atoms with Crippen LogP contribution in [0, 0.1) is 0 Å². The second kappa shape index (κ2) is 6.94. The van der Waals surface area contributed by atoms with Gasteiger partial charge in [0.15, 0.2) is 5.82 Å². The van der Waals surface area contributed by atoms with Crippen LogP contribution in [0.3, 0.4) is 0 Å². The van der Waals surface area contributed by atoms with Crippen molar-refractivity contribution in [3.8, 4) is 22.4 Å². The number of hydrogen-bond donors (Lipinski definition) is 2. The van der Waals surface area contributed by atoms with Gasteiger partial charge in [-0.05, 0) is 17.7 Å². The van der Waals surface area contributed by atoms with Crippen LogP contribution in [0.2, 0.25) is 0 Å². The fourth-order valence-corrected chi connectivity index (χ4v) is 3.56. The van der Waals surface area contributed by atoms with E-state index in [1.54, 1.807) is 0 Å². The number of aromatic nitrogens is 4. The van der Waals surface area contributed by atoms with E-state index in [-0.39, 0.29) is 0 Å². The van der Waals surface area contributed by atoms with Crippen molar-refractivity contribution in [2.24, 2.45) is 0 Å². The topological polar surface area (TPSA) is 93.0 Å². The summed E-state index contributed by atoms with van der Waals surface area (Å²) < 4.78 is 5.43. The number of anilines is 2. The monoisotopic (exact) mass is 372 g/mol. The Morgan fingerprint density at radius 3 is 2.61 bits per heavy atom. The van der Waals surface area contributed by atoms with Crippen molar-refractivity contribution >= 4 is 22.7 Å². The first-order chi connectivity index (χ1) is 13.8. The molecule has 2 aromatic heterocycles. The third-order valence-electron chi connectivity index (χ3n) is 5.01. The molecule has 3 N–H and O–H groups in total. The number of nitrogens with one attached hydrogen (secondary N) is 1.